The monoisotopic (exact) mass is 367 g/mol. The van der Waals surface area contributed by atoms with E-state index in [2.05, 4.69) is 29.2 Å². The predicted octanol–water partition coefficient (Wildman–Crippen LogP) is 2.05. The van der Waals surface area contributed by atoms with Crippen molar-refractivity contribution in [3.8, 4) is 0 Å². The van der Waals surface area contributed by atoms with Crippen LogP contribution in [0.4, 0.5) is 0 Å². The first kappa shape index (κ1) is 19.1. The van der Waals surface area contributed by atoms with Crippen molar-refractivity contribution in [2.24, 2.45) is 0 Å². The number of nitrogens with zero attached hydrogens (tertiary/aromatic N) is 1. The summed E-state index contributed by atoms with van der Waals surface area (Å²) in [4.78, 5) is 2.41. The van der Waals surface area contributed by atoms with Crippen molar-refractivity contribution in [2.45, 2.75) is 49.7 Å². The van der Waals surface area contributed by atoms with Crippen LogP contribution in [0.15, 0.2) is 30.3 Å². The maximum Gasteiger partial charge on any atom is 0.171 e. The highest BCUT2D eigenvalue weighted by Crippen LogP contribution is 2.45. The van der Waals surface area contributed by atoms with Crippen LogP contribution in [0, 0.1) is 0 Å². The van der Waals surface area contributed by atoms with E-state index in [4.69, 9.17) is 14.2 Å². The fraction of sp³-hybridized carbons (Fsp3) is 0.684. The third-order valence-electron chi connectivity index (χ3n) is 5.44. The van der Waals surface area contributed by atoms with E-state index >= 15 is 0 Å². The molecule has 4 rings (SSSR count). The van der Waals surface area contributed by atoms with Gasteiger partial charge >= 0.3 is 0 Å². The van der Waals surface area contributed by atoms with Crippen LogP contribution in [0.3, 0.4) is 0 Å². The molecule has 1 N–H and O–H groups in total. The average molecular weight is 368 g/mol. The molecule has 0 aromatic heterocycles. The molecule has 25 heavy (non-hydrogen) atoms. The van der Waals surface area contributed by atoms with Gasteiger partial charge in [-0.3, -0.25) is 4.90 Å². The van der Waals surface area contributed by atoms with Gasteiger partial charge in [0.05, 0.1) is 31.5 Å². The van der Waals surface area contributed by atoms with Crippen LogP contribution in [0.5, 0.6) is 0 Å². The van der Waals surface area contributed by atoms with E-state index in [-0.39, 0.29) is 31.8 Å². The van der Waals surface area contributed by atoms with Gasteiger partial charge < -0.3 is 19.3 Å². The third-order valence-corrected chi connectivity index (χ3v) is 5.44. The molecule has 2 spiro atoms. The molecule has 2 atom stereocenters. The van der Waals surface area contributed by atoms with E-state index in [1.807, 2.05) is 6.07 Å². The number of morpholine rings is 1. The quantitative estimate of drug-likeness (QED) is 0.886. The van der Waals surface area contributed by atoms with Gasteiger partial charge in [-0.2, -0.15) is 13.5 Å². The van der Waals surface area contributed by atoms with Gasteiger partial charge in [-0.05, 0) is 18.4 Å². The van der Waals surface area contributed by atoms with Crippen LogP contribution in [0.1, 0.15) is 31.2 Å². The molecular weight excluding hydrogens is 338 g/mol. The van der Waals surface area contributed by atoms with Gasteiger partial charge in [0.25, 0.3) is 0 Å². The summed E-state index contributed by atoms with van der Waals surface area (Å²) in [6.07, 6.45) is 3.61. The van der Waals surface area contributed by atoms with Crippen molar-refractivity contribution in [1.29, 1.82) is 0 Å². The fourth-order valence-corrected chi connectivity index (χ4v) is 4.57. The Morgan fingerprint density at radius 2 is 1.88 bits per heavy atom. The van der Waals surface area contributed by atoms with Gasteiger partial charge in [-0.25, -0.2) is 0 Å². The number of benzene rings is 1. The van der Waals surface area contributed by atoms with Crippen LogP contribution in [-0.4, -0.2) is 60.4 Å². The molecule has 1 unspecified atom stereocenters. The zero-order valence-electron chi connectivity index (χ0n) is 14.7. The lowest BCUT2D eigenvalue weighted by molar-refractivity contribution is -0.259. The van der Waals surface area contributed by atoms with Gasteiger partial charge in [0, 0.05) is 32.5 Å². The number of aliphatic hydroxyl groups is 1. The summed E-state index contributed by atoms with van der Waals surface area (Å²) in [7, 11) is 0. The van der Waals surface area contributed by atoms with Crippen molar-refractivity contribution in [3.63, 3.8) is 0 Å². The van der Waals surface area contributed by atoms with E-state index in [0.29, 0.717) is 13.2 Å². The summed E-state index contributed by atoms with van der Waals surface area (Å²) in [5.41, 5.74) is 1.02. The van der Waals surface area contributed by atoms with Gasteiger partial charge in [-0.15, -0.1) is 0 Å². The molecule has 5 nitrogen and oxygen atoms in total. The SMILES string of the molecule is OC[C@@H]1CN(Cc2ccccc2)CC2(CCCC3(C2)OCCO3)O1.S. The van der Waals surface area contributed by atoms with Crippen LogP contribution in [0.25, 0.3) is 0 Å². The molecule has 0 bridgehead atoms. The Hall–Kier alpha value is -0.630. The Morgan fingerprint density at radius 3 is 2.60 bits per heavy atom. The van der Waals surface area contributed by atoms with Gasteiger partial charge in [-0.1, -0.05) is 30.3 Å². The molecule has 1 aliphatic carbocycles. The molecule has 0 radical (unpaired) electrons. The summed E-state index contributed by atoms with van der Waals surface area (Å²) >= 11 is 0. The summed E-state index contributed by atoms with van der Waals surface area (Å²) in [6, 6.07) is 10.5. The molecular formula is C19H29NO4S. The van der Waals surface area contributed by atoms with E-state index in [1.165, 1.54) is 5.56 Å². The molecule has 1 aromatic carbocycles. The van der Waals surface area contributed by atoms with Crippen molar-refractivity contribution in [3.05, 3.63) is 35.9 Å². The first-order chi connectivity index (χ1) is 11.7. The minimum atomic E-state index is -0.464. The molecule has 1 saturated carbocycles. The number of aliphatic hydroxyl groups excluding tert-OH is 1. The lowest BCUT2D eigenvalue weighted by atomic mass is 9.79. The Balaban J connectivity index is 0.00000182. The summed E-state index contributed by atoms with van der Waals surface area (Å²) in [5, 5.41) is 9.73. The lowest BCUT2D eigenvalue weighted by Gasteiger charge is -2.51. The Kier molecular flexibility index (Phi) is 6.08. The van der Waals surface area contributed by atoms with E-state index in [9.17, 15) is 5.11 Å². The molecule has 3 fully saturated rings. The standard InChI is InChI=1S/C19H27NO4.H2S/c21-13-17-12-20(11-16-5-2-1-3-6-16)15-18(24-17)7-4-8-19(14-18)22-9-10-23-19;/h1-3,5-6,17,21H,4,7-15H2;1H2/t17-,18?;/m0./s1. The smallest absolute Gasteiger partial charge is 0.171 e. The van der Waals surface area contributed by atoms with Gasteiger partial charge in [0.15, 0.2) is 5.79 Å². The molecule has 2 aliphatic heterocycles. The first-order valence-corrected chi connectivity index (χ1v) is 9.04. The second-order valence-corrected chi connectivity index (χ2v) is 7.40. The highest BCUT2D eigenvalue weighted by atomic mass is 32.1. The topological polar surface area (TPSA) is 51.2 Å². The molecule has 140 valence electrons. The number of rotatable bonds is 3. The zero-order chi connectivity index (χ0) is 16.5. The predicted molar refractivity (Wildman–Crippen MR) is 99.9 cm³/mol. The van der Waals surface area contributed by atoms with Crippen LogP contribution in [-0.2, 0) is 20.8 Å². The Morgan fingerprint density at radius 1 is 1.12 bits per heavy atom. The van der Waals surface area contributed by atoms with Crippen LogP contribution in [0.2, 0.25) is 0 Å². The first-order valence-electron chi connectivity index (χ1n) is 9.04. The van der Waals surface area contributed by atoms with Crippen molar-refractivity contribution in [2.75, 3.05) is 32.9 Å². The number of ether oxygens (including phenoxy) is 3. The molecule has 2 saturated heterocycles. The normalized spacial score (nSPS) is 32.0. The number of hydrogen-bond donors (Lipinski definition) is 1. The lowest BCUT2D eigenvalue weighted by Crippen LogP contribution is -2.60. The average Bonchev–Trinajstić information content (AvgIpc) is 3.02. The molecule has 3 aliphatic rings. The largest absolute Gasteiger partial charge is 0.394 e. The Labute approximate surface area is 156 Å². The van der Waals surface area contributed by atoms with E-state index in [0.717, 1.165) is 45.3 Å². The zero-order valence-corrected chi connectivity index (χ0v) is 15.7. The summed E-state index contributed by atoms with van der Waals surface area (Å²) < 4.78 is 18.3. The van der Waals surface area contributed by atoms with Gasteiger partial charge in [0.1, 0.15) is 0 Å². The van der Waals surface area contributed by atoms with Crippen molar-refractivity contribution in [1.82, 2.24) is 4.90 Å². The molecule has 1 aromatic rings. The van der Waals surface area contributed by atoms with Crippen LogP contribution >= 0.6 is 13.5 Å². The third kappa shape index (κ3) is 4.21. The summed E-state index contributed by atoms with van der Waals surface area (Å²) in [5.74, 6) is -0.464. The molecule has 6 heteroatoms. The highest BCUT2D eigenvalue weighted by molar-refractivity contribution is 7.59. The summed E-state index contributed by atoms with van der Waals surface area (Å²) in [6.45, 7) is 3.92. The van der Waals surface area contributed by atoms with Crippen molar-refractivity contribution < 1.29 is 19.3 Å². The Bertz CT molecular complexity index is 552. The van der Waals surface area contributed by atoms with Gasteiger partial charge in [0.2, 0.25) is 0 Å². The fourth-order valence-electron chi connectivity index (χ4n) is 4.57. The van der Waals surface area contributed by atoms with E-state index in [1.54, 1.807) is 0 Å². The maximum atomic E-state index is 9.73. The second-order valence-electron chi connectivity index (χ2n) is 7.40. The molecule has 2 heterocycles. The van der Waals surface area contributed by atoms with E-state index < -0.39 is 5.79 Å². The maximum absolute atomic E-state index is 9.73. The minimum absolute atomic E-state index is 0. The van der Waals surface area contributed by atoms with Crippen LogP contribution < -0.4 is 0 Å². The minimum Gasteiger partial charge on any atom is -0.394 e. The second kappa shape index (κ2) is 7.94. The highest BCUT2D eigenvalue weighted by Gasteiger charge is 2.52. The molecule has 0 amide bonds. The van der Waals surface area contributed by atoms with Crippen molar-refractivity contribution >= 4 is 13.5 Å². The number of hydrogen-bond acceptors (Lipinski definition) is 5.